The highest BCUT2D eigenvalue weighted by Crippen LogP contribution is 2.16. The van der Waals surface area contributed by atoms with Crippen LogP contribution in [-0.2, 0) is 4.74 Å². The summed E-state index contributed by atoms with van der Waals surface area (Å²) in [4.78, 5) is 14.4. The lowest BCUT2D eigenvalue weighted by atomic mass is 10.1. The van der Waals surface area contributed by atoms with Crippen molar-refractivity contribution in [1.29, 1.82) is 0 Å². The predicted octanol–water partition coefficient (Wildman–Crippen LogP) is 2.82. The maximum absolute atomic E-state index is 13.7. The predicted molar refractivity (Wildman–Crippen MR) is 87.5 cm³/mol. The molecule has 2 rings (SSSR count). The first-order valence-corrected chi connectivity index (χ1v) is 8.29. The van der Waals surface area contributed by atoms with Crippen molar-refractivity contribution in [2.45, 2.75) is 39.0 Å². The van der Waals surface area contributed by atoms with E-state index in [4.69, 9.17) is 4.74 Å². The van der Waals surface area contributed by atoms with Crippen LogP contribution in [0.3, 0.4) is 0 Å². The Morgan fingerprint density at radius 3 is 2.73 bits per heavy atom. The van der Waals surface area contributed by atoms with Crippen LogP contribution in [0.2, 0.25) is 0 Å². The monoisotopic (exact) mass is 372 g/mol. The van der Waals surface area contributed by atoms with Crippen LogP contribution < -0.4 is 5.32 Å². The van der Waals surface area contributed by atoms with E-state index >= 15 is 0 Å². The van der Waals surface area contributed by atoms with E-state index in [9.17, 15) is 9.18 Å². The Kier molecular flexibility index (Phi) is 5.94. The summed E-state index contributed by atoms with van der Waals surface area (Å²) in [6, 6.07) is 4.53. The number of morpholine rings is 1. The Bertz CT molecular complexity index is 531. The number of nitrogens with one attached hydrogen (secondary N) is 1. The molecule has 0 radical (unpaired) electrons. The molecule has 1 heterocycles. The fourth-order valence-corrected chi connectivity index (χ4v) is 3.07. The van der Waals surface area contributed by atoms with E-state index in [-0.39, 0.29) is 29.7 Å². The molecule has 0 saturated carbocycles. The molecule has 6 heteroatoms. The van der Waals surface area contributed by atoms with Crippen molar-refractivity contribution >= 4 is 21.8 Å². The molecule has 3 atom stereocenters. The number of halogens is 2. The van der Waals surface area contributed by atoms with Crippen molar-refractivity contribution in [2.24, 2.45) is 0 Å². The zero-order chi connectivity index (χ0) is 16.3. The first-order chi connectivity index (χ1) is 10.4. The van der Waals surface area contributed by atoms with Crippen molar-refractivity contribution in [2.75, 3.05) is 19.6 Å². The van der Waals surface area contributed by atoms with Crippen molar-refractivity contribution in [3.05, 3.63) is 34.1 Å². The smallest absolute Gasteiger partial charge is 0.254 e. The second kappa shape index (κ2) is 7.53. The van der Waals surface area contributed by atoms with Gasteiger partial charge in [0.1, 0.15) is 5.82 Å². The van der Waals surface area contributed by atoms with Crippen molar-refractivity contribution in [1.82, 2.24) is 10.2 Å². The Balaban J connectivity index is 1.91. The van der Waals surface area contributed by atoms with Crippen LogP contribution in [-0.4, -0.2) is 48.7 Å². The van der Waals surface area contributed by atoms with Crippen molar-refractivity contribution < 1.29 is 13.9 Å². The van der Waals surface area contributed by atoms with Crippen LogP contribution in [0, 0.1) is 5.82 Å². The van der Waals surface area contributed by atoms with Gasteiger partial charge in [-0.25, -0.2) is 4.39 Å². The van der Waals surface area contributed by atoms with Gasteiger partial charge in [0, 0.05) is 30.1 Å². The molecular weight excluding hydrogens is 351 g/mol. The van der Waals surface area contributed by atoms with Gasteiger partial charge in [-0.05, 0) is 39.0 Å². The second-order valence-corrected chi connectivity index (χ2v) is 6.81. The summed E-state index contributed by atoms with van der Waals surface area (Å²) in [5.74, 6) is -0.901. The molecule has 3 unspecified atom stereocenters. The molecule has 0 spiro atoms. The summed E-state index contributed by atoms with van der Waals surface area (Å²) < 4.78 is 20.1. The number of carbonyl (C=O) groups excluding carboxylic acids is 1. The molecular formula is C16H22BrFN2O2. The van der Waals surface area contributed by atoms with Gasteiger partial charge in [0.15, 0.2) is 0 Å². The molecule has 1 aromatic rings. The lowest BCUT2D eigenvalue weighted by Gasteiger charge is -2.39. The summed E-state index contributed by atoms with van der Waals surface area (Å²) >= 11 is 3.25. The van der Waals surface area contributed by atoms with Crippen LogP contribution in [0.4, 0.5) is 4.39 Å². The average Bonchev–Trinajstić information content (AvgIpc) is 2.45. The molecule has 1 fully saturated rings. The third kappa shape index (κ3) is 4.51. The van der Waals surface area contributed by atoms with Crippen LogP contribution in [0.25, 0.3) is 0 Å². The van der Waals surface area contributed by atoms with Crippen LogP contribution in [0.15, 0.2) is 22.7 Å². The molecule has 1 aliphatic heterocycles. The number of rotatable bonds is 4. The maximum Gasteiger partial charge on any atom is 0.254 e. The number of benzene rings is 1. The average molecular weight is 373 g/mol. The summed E-state index contributed by atoms with van der Waals surface area (Å²) in [7, 11) is 0. The van der Waals surface area contributed by atoms with E-state index in [1.807, 2.05) is 13.8 Å². The number of amides is 1. The van der Waals surface area contributed by atoms with Gasteiger partial charge in [0.25, 0.3) is 5.91 Å². The van der Waals surface area contributed by atoms with E-state index in [1.165, 1.54) is 12.1 Å². The molecule has 1 aromatic carbocycles. The van der Waals surface area contributed by atoms with E-state index < -0.39 is 5.82 Å². The third-order valence-corrected chi connectivity index (χ3v) is 4.30. The SMILES string of the molecule is CC1CN(C(C)CNC(=O)c2cc(Br)ccc2F)CC(C)O1. The summed E-state index contributed by atoms with van der Waals surface area (Å²) in [6.45, 7) is 8.31. The zero-order valence-corrected chi connectivity index (χ0v) is 14.7. The normalized spacial score (nSPS) is 24.0. The lowest BCUT2D eigenvalue weighted by Crippen LogP contribution is -2.52. The molecule has 122 valence electrons. The van der Waals surface area contributed by atoms with E-state index in [0.717, 1.165) is 13.1 Å². The standard InChI is InChI=1S/C16H22BrFN2O2/c1-10(20-8-11(2)22-12(3)9-20)7-19-16(21)14-6-13(17)4-5-15(14)18/h4-6,10-12H,7-9H2,1-3H3,(H,19,21). The van der Waals surface area contributed by atoms with Gasteiger partial charge in [0.2, 0.25) is 0 Å². The number of nitrogens with zero attached hydrogens (tertiary/aromatic N) is 1. The van der Waals surface area contributed by atoms with Gasteiger partial charge >= 0.3 is 0 Å². The maximum atomic E-state index is 13.7. The Labute approximate surface area is 139 Å². The van der Waals surface area contributed by atoms with Crippen LogP contribution in [0.5, 0.6) is 0 Å². The Morgan fingerprint density at radius 1 is 1.45 bits per heavy atom. The third-order valence-electron chi connectivity index (χ3n) is 3.80. The molecule has 0 bridgehead atoms. The fourth-order valence-electron chi connectivity index (χ4n) is 2.71. The second-order valence-electron chi connectivity index (χ2n) is 5.89. The minimum absolute atomic E-state index is 0.0605. The fraction of sp³-hybridized carbons (Fsp3) is 0.562. The molecule has 1 N–H and O–H groups in total. The highest BCUT2D eigenvalue weighted by Gasteiger charge is 2.26. The highest BCUT2D eigenvalue weighted by atomic mass is 79.9. The largest absolute Gasteiger partial charge is 0.373 e. The van der Waals surface area contributed by atoms with Crippen molar-refractivity contribution in [3.63, 3.8) is 0 Å². The molecule has 1 saturated heterocycles. The first-order valence-electron chi connectivity index (χ1n) is 7.49. The van der Waals surface area contributed by atoms with Crippen molar-refractivity contribution in [3.8, 4) is 0 Å². The zero-order valence-electron chi connectivity index (χ0n) is 13.1. The van der Waals surface area contributed by atoms with E-state index in [2.05, 4.69) is 33.1 Å². The van der Waals surface area contributed by atoms with Gasteiger partial charge in [-0.15, -0.1) is 0 Å². The molecule has 0 aromatic heterocycles. The molecule has 0 aliphatic carbocycles. The summed E-state index contributed by atoms with van der Waals surface area (Å²) in [5, 5.41) is 2.81. The van der Waals surface area contributed by atoms with Gasteiger partial charge in [-0.3, -0.25) is 9.69 Å². The van der Waals surface area contributed by atoms with Crippen LogP contribution >= 0.6 is 15.9 Å². The minimum Gasteiger partial charge on any atom is -0.373 e. The van der Waals surface area contributed by atoms with E-state index in [1.54, 1.807) is 6.07 Å². The van der Waals surface area contributed by atoms with Gasteiger partial charge in [-0.2, -0.15) is 0 Å². The van der Waals surface area contributed by atoms with E-state index in [0.29, 0.717) is 11.0 Å². The first kappa shape index (κ1) is 17.4. The molecule has 4 nitrogen and oxygen atoms in total. The summed E-state index contributed by atoms with van der Waals surface area (Å²) in [6.07, 6.45) is 0.369. The number of hydrogen-bond donors (Lipinski definition) is 1. The van der Waals surface area contributed by atoms with Gasteiger partial charge < -0.3 is 10.1 Å². The van der Waals surface area contributed by atoms with Gasteiger partial charge in [0.05, 0.1) is 17.8 Å². The van der Waals surface area contributed by atoms with Gasteiger partial charge in [-0.1, -0.05) is 15.9 Å². The lowest BCUT2D eigenvalue weighted by molar-refractivity contribution is -0.0778. The Hall–Kier alpha value is -0.980. The highest BCUT2D eigenvalue weighted by molar-refractivity contribution is 9.10. The van der Waals surface area contributed by atoms with Crippen LogP contribution in [0.1, 0.15) is 31.1 Å². The topological polar surface area (TPSA) is 41.6 Å². The molecule has 1 amide bonds. The number of carbonyl (C=O) groups is 1. The number of hydrogen-bond acceptors (Lipinski definition) is 3. The summed E-state index contributed by atoms with van der Waals surface area (Å²) in [5.41, 5.74) is 0.0605. The molecule has 22 heavy (non-hydrogen) atoms. The Morgan fingerprint density at radius 2 is 2.09 bits per heavy atom. The number of ether oxygens (including phenoxy) is 1. The molecule has 1 aliphatic rings. The minimum atomic E-state index is -0.512. The quantitative estimate of drug-likeness (QED) is 0.883.